The summed E-state index contributed by atoms with van der Waals surface area (Å²) in [6, 6.07) is 4.98. The first-order valence-corrected chi connectivity index (χ1v) is 9.10. The minimum absolute atomic E-state index is 0.116. The fourth-order valence-corrected chi connectivity index (χ4v) is 3.10. The number of nitrogens with two attached hydrogens (primary N) is 1. The van der Waals surface area contributed by atoms with E-state index in [-0.39, 0.29) is 24.1 Å². The molecule has 134 valence electrons. The predicted molar refractivity (Wildman–Crippen MR) is 97.5 cm³/mol. The maximum atomic E-state index is 12.7. The van der Waals surface area contributed by atoms with Crippen molar-refractivity contribution in [3.05, 3.63) is 29.3 Å². The van der Waals surface area contributed by atoms with Crippen molar-refractivity contribution < 1.29 is 19.4 Å². The zero-order chi connectivity index (χ0) is 18.1. The van der Waals surface area contributed by atoms with Crippen LogP contribution in [-0.4, -0.2) is 47.9 Å². The van der Waals surface area contributed by atoms with E-state index in [1.54, 1.807) is 4.90 Å². The Hall–Kier alpha value is -1.57. The van der Waals surface area contributed by atoms with Crippen LogP contribution in [0.2, 0.25) is 0 Å². The smallest absolute Gasteiger partial charge is 0.321 e. The summed E-state index contributed by atoms with van der Waals surface area (Å²) in [4.78, 5) is 25.0. The Morgan fingerprint density at radius 1 is 1.38 bits per heavy atom. The van der Waals surface area contributed by atoms with Gasteiger partial charge in [-0.05, 0) is 31.4 Å². The summed E-state index contributed by atoms with van der Waals surface area (Å²) in [5, 5.41) is 8.80. The molecule has 0 spiro atoms. The third kappa shape index (κ3) is 5.81. The molecule has 0 bridgehead atoms. The number of thioether (sulfide) groups is 1. The molecule has 7 heteroatoms. The molecule has 0 aliphatic heterocycles. The van der Waals surface area contributed by atoms with Gasteiger partial charge in [0.1, 0.15) is 12.8 Å². The quantitative estimate of drug-likeness (QED) is 0.625. The van der Waals surface area contributed by atoms with Gasteiger partial charge in [0, 0.05) is 12.4 Å². The van der Waals surface area contributed by atoms with Gasteiger partial charge in [-0.3, -0.25) is 14.5 Å². The van der Waals surface area contributed by atoms with Gasteiger partial charge < -0.3 is 15.6 Å². The highest BCUT2D eigenvalue weighted by Crippen LogP contribution is 2.26. The molecule has 6 nitrogen and oxygen atoms in total. The summed E-state index contributed by atoms with van der Waals surface area (Å²) in [5.74, 6) is -0.827. The van der Waals surface area contributed by atoms with Crippen LogP contribution in [0.4, 0.5) is 5.69 Å². The SMILES string of the molecule is CCOCN(C(=O)CSC[C@H](N)C(=O)O)c1c(C)cccc1CC. The second kappa shape index (κ2) is 10.3. The minimum Gasteiger partial charge on any atom is -0.480 e. The lowest BCUT2D eigenvalue weighted by atomic mass is 10.0. The lowest BCUT2D eigenvalue weighted by molar-refractivity contribution is -0.137. The Labute approximate surface area is 147 Å². The van der Waals surface area contributed by atoms with Crippen LogP contribution in [0.15, 0.2) is 18.2 Å². The molecule has 1 aromatic rings. The van der Waals surface area contributed by atoms with E-state index in [2.05, 4.69) is 0 Å². The molecule has 1 amide bonds. The monoisotopic (exact) mass is 354 g/mol. The fourth-order valence-electron chi connectivity index (χ4n) is 2.26. The van der Waals surface area contributed by atoms with Gasteiger partial charge in [0.2, 0.25) is 5.91 Å². The number of benzene rings is 1. The molecule has 1 atom stereocenters. The summed E-state index contributed by atoms with van der Waals surface area (Å²) in [6.45, 7) is 6.57. The lowest BCUT2D eigenvalue weighted by Crippen LogP contribution is -2.37. The number of para-hydroxylation sites is 1. The van der Waals surface area contributed by atoms with Crippen molar-refractivity contribution in [2.24, 2.45) is 5.73 Å². The summed E-state index contributed by atoms with van der Waals surface area (Å²) in [6.07, 6.45) is 0.809. The van der Waals surface area contributed by atoms with Gasteiger partial charge in [0.15, 0.2) is 0 Å². The molecular formula is C17H26N2O4S. The van der Waals surface area contributed by atoms with Crippen LogP contribution >= 0.6 is 11.8 Å². The molecule has 1 aromatic carbocycles. The zero-order valence-electron chi connectivity index (χ0n) is 14.4. The summed E-state index contributed by atoms with van der Waals surface area (Å²) in [7, 11) is 0. The van der Waals surface area contributed by atoms with Crippen molar-refractivity contribution in [1.82, 2.24) is 0 Å². The number of aryl methyl sites for hydroxylation is 2. The largest absolute Gasteiger partial charge is 0.480 e. The average molecular weight is 354 g/mol. The molecule has 0 saturated carbocycles. The molecule has 0 heterocycles. The van der Waals surface area contributed by atoms with E-state index in [1.807, 2.05) is 39.0 Å². The molecule has 0 aliphatic rings. The van der Waals surface area contributed by atoms with Crippen molar-refractivity contribution in [3.8, 4) is 0 Å². The highest BCUT2D eigenvalue weighted by atomic mass is 32.2. The maximum absolute atomic E-state index is 12.7. The highest BCUT2D eigenvalue weighted by Gasteiger charge is 2.21. The van der Waals surface area contributed by atoms with E-state index in [1.165, 1.54) is 11.8 Å². The van der Waals surface area contributed by atoms with E-state index in [0.717, 1.165) is 23.2 Å². The van der Waals surface area contributed by atoms with Crippen molar-refractivity contribution in [3.63, 3.8) is 0 Å². The lowest BCUT2D eigenvalue weighted by Gasteiger charge is -2.26. The normalized spacial score (nSPS) is 12.0. The molecule has 0 fully saturated rings. The Morgan fingerprint density at radius 3 is 2.67 bits per heavy atom. The Morgan fingerprint density at radius 2 is 2.08 bits per heavy atom. The average Bonchev–Trinajstić information content (AvgIpc) is 2.55. The van der Waals surface area contributed by atoms with Crippen molar-refractivity contribution in [1.29, 1.82) is 0 Å². The fraction of sp³-hybridized carbons (Fsp3) is 0.529. The maximum Gasteiger partial charge on any atom is 0.321 e. The Balaban J connectivity index is 2.89. The number of amides is 1. The predicted octanol–water partition coefficient (Wildman–Crippen LogP) is 2.03. The van der Waals surface area contributed by atoms with Gasteiger partial charge in [0.25, 0.3) is 0 Å². The number of carboxylic acid groups (broad SMARTS) is 1. The first-order valence-electron chi connectivity index (χ1n) is 7.95. The molecule has 0 aromatic heterocycles. The van der Waals surface area contributed by atoms with E-state index in [4.69, 9.17) is 15.6 Å². The Bertz CT molecular complexity index is 566. The van der Waals surface area contributed by atoms with Crippen LogP contribution in [0.25, 0.3) is 0 Å². The molecule has 24 heavy (non-hydrogen) atoms. The van der Waals surface area contributed by atoms with Gasteiger partial charge in [-0.15, -0.1) is 11.8 Å². The minimum atomic E-state index is -1.06. The van der Waals surface area contributed by atoms with Gasteiger partial charge in [-0.25, -0.2) is 0 Å². The second-order valence-corrected chi connectivity index (χ2v) is 6.37. The van der Waals surface area contributed by atoms with Gasteiger partial charge in [0.05, 0.1) is 11.4 Å². The van der Waals surface area contributed by atoms with Crippen molar-refractivity contribution in [2.75, 3.05) is 29.7 Å². The third-order valence-corrected chi connectivity index (χ3v) is 4.58. The summed E-state index contributed by atoms with van der Waals surface area (Å²) < 4.78 is 5.47. The Kier molecular flexibility index (Phi) is 8.81. The number of rotatable bonds is 10. The van der Waals surface area contributed by atoms with Crippen LogP contribution in [0.3, 0.4) is 0 Å². The number of nitrogens with zero attached hydrogens (tertiary/aromatic N) is 1. The standard InChI is InChI=1S/C17H26N2O4S/c1-4-13-8-6-7-12(3)16(13)19(11-23-5-2)15(20)10-24-9-14(18)17(21)22/h6-8,14H,4-5,9-11,18H2,1-3H3,(H,21,22)/t14-/m0/s1. The molecule has 0 saturated heterocycles. The first-order chi connectivity index (χ1) is 11.4. The second-order valence-electron chi connectivity index (χ2n) is 5.34. The molecule has 0 unspecified atom stereocenters. The zero-order valence-corrected chi connectivity index (χ0v) is 15.3. The number of carbonyl (C=O) groups is 2. The van der Waals surface area contributed by atoms with E-state index < -0.39 is 12.0 Å². The molecule has 0 aliphatic carbocycles. The number of aliphatic carboxylic acids is 1. The summed E-state index contributed by atoms with van der Waals surface area (Å²) in [5.41, 5.74) is 8.43. The number of carboxylic acids is 1. The van der Waals surface area contributed by atoms with Gasteiger partial charge >= 0.3 is 5.97 Å². The van der Waals surface area contributed by atoms with Crippen molar-refractivity contribution >= 4 is 29.3 Å². The number of ether oxygens (including phenoxy) is 1. The van der Waals surface area contributed by atoms with E-state index in [0.29, 0.717) is 6.61 Å². The molecule has 0 radical (unpaired) electrons. The summed E-state index contributed by atoms with van der Waals surface area (Å²) >= 11 is 1.22. The topological polar surface area (TPSA) is 92.9 Å². The van der Waals surface area contributed by atoms with Crippen LogP contribution < -0.4 is 10.6 Å². The van der Waals surface area contributed by atoms with Crippen LogP contribution in [0, 0.1) is 6.92 Å². The van der Waals surface area contributed by atoms with Crippen molar-refractivity contribution in [2.45, 2.75) is 33.2 Å². The number of carbonyl (C=O) groups excluding carboxylic acids is 1. The molecule has 1 rings (SSSR count). The van der Waals surface area contributed by atoms with E-state index in [9.17, 15) is 9.59 Å². The number of hydrogen-bond acceptors (Lipinski definition) is 5. The van der Waals surface area contributed by atoms with Crippen LogP contribution in [0.5, 0.6) is 0 Å². The molecular weight excluding hydrogens is 328 g/mol. The van der Waals surface area contributed by atoms with Crippen LogP contribution in [0.1, 0.15) is 25.0 Å². The van der Waals surface area contributed by atoms with Crippen LogP contribution in [-0.2, 0) is 20.7 Å². The highest BCUT2D eigenvalue weighted by molar-refractivity contribution is 8.00. The van der Waals surface area contributed by atoms with E-state index >= 15 is 0 Å². The molecule has 3 N–H and O–H groups in total. The number of hydrogen-bond donors (Lipinski definition) is 2. The van der Waals surface area contributed by atoms with Gasteiger partial charge in [-0.2, -0.15) is 0 Å². The first kappa shape index (κ1) is 20.5. The number of anilines is 1. The third-order valence-electron chi connectivity index (χ3n) is 3.54. The van der Waals surface area contributed by atoms with Gasteiger partial charge in [-0.1, -0.05) is 25.1 Å².